The summed E-state index contributed by atoms with van der Waals surface area (Å²) in [7, 11) is 1.47. The largest absolute Gasteiger partial charge is 0.481 e. The van der Waals surface area contributed by atoms with Gasteiger partial charge < -0.3 is 20.6 Å². The molecular weight excluding hydrogens is 226 g/mol. The molecule has 0 heterocycles. The van der Waals surface area contributed by atoms with E-state index in [9.17, 15) is 14.4 Å². The molecule has 17 heavy (non-hydrogen) atoms. The molecular formula is C10H19N3O4. The minimum atomic E-state index is -0.978. The lowest BCUT2D eigenvalue weighted by Gasteiger charge is -2.17. The zero-order valence-corrected chi connectivity index (χ0v) is 10.2. The van der Waals surface area contributed by atoms with Crippen molar-refractivity contribution in [3.8, 4) is 0 Å². The lowest BCUT2D eigenvalue weighted by Crippen LogP contribution is -2.43. The molecule has 98 valence electrons. The Bertz CT molecular complexity index is 281. The van der Waals surface area contributed by atoms with Crippen LogP contribution in [0.2, 0.25) is 0 Å². The molecule has 0 saturated heterocycles. The molecule has 0 fully saturated rings. The van der Waals surface area contributed by atoms with Gasteiger partial charge in [0, 0.05) is 20.1 Å². The average molecular weight is 245 g/mol. The lowest BCUT2D eigenvalue weighted by molar-refractivity contribution is -0.136. The van der Waals surface area contributed by atoms with E-state index in [1.807, 2.05) is 6.92 Å². The van der Waals surface area contributed by atoms with Gasteiger partial charge in [-0.05, 0) is 6.42 Å². The molecule has 3 N–H and O–H groups in total. The zero-order valence-electron chi connectivity index (χ0n) is 10.2. The van der Waals surface area contributed by atoms with Crippen LogP contribution in [0.25, 0.3) is 0 Å². The van der Waals surface area contributed by atoms with Crippen molar-refractivity contribution in [2.75, 3.05) is 26.7 Å². The number of hydrogen-bond donors (Lipinski definition) is 3. The number of urea groups is 1. The molecule has 0 aliphatic carbocycles. The third-order valence-corrected chi connectivity index (χ3v) is 1.91. The number of carbonyl (C=O) groups excluding carboxylic acids is 2. The predicted molar refractivity (Wildman–Crippen MR) is 61.6 cm³/mol. The molecule has 0 aliphatic rings. The molecule has 0 radical (unpaired) electrons. The highest BCUT2D eigenvalue weighted by atomic mass is 16.4. The summed E-state index contributed by atoms with van der Waals surface area (Å²) in [4.78, 5) is 34.1. The van der Waals surface area contributed by atoms with E-state index in [2.05, 4.69) is 10.6 Å². The molecule has 3 amide bonds. The summed E-state index contributed by atoms with van der Waals surface area (Å²) >= 11 is 0. The fraction of sp³-hybridized carbons (Fsp3) is 0.700. The summed E-state index contributed by atoms with van der Waals surface area (Å²) < 4.78 is 0. The highest BCUT2D eigenvalue weighted by Crippen LogP contribution is 1.86. The summed E-state index contributed by atoms with van der Waals surface area (Å²) in [6, 6.07) is -0.460. The maximum Gasteiger partial charge on any atom is 0.317 e. The molecule has 0 saturated carbocycles. The number of rotatable bonds is 7. The third-order valence-electron chi connectivity index (χ3n) is 1.91. The molecule has 0 rings (SSSR count). The molecule has 0 atom stereocenters. The maximum atomic E-state index is 11.4. The smallest absolute Gasteiger partial charge is 0.317 e. The SMILES string of the molecule is CCCNC(=O)CN(C)C(=O)NCCC(=O)O. The van der Waals surface area contributed by atoms with Crippen LogP contribution >= 0.6 is 0 Å². The molecule has 0 unspecified atom stereocenters. The first-order valence-electron chi connectivity index (χ1n) is 5.44. The van der Waals surface area contributed by atoms with Crippen LogP contribution in [-0.4, -0.2) is 54.6 Å². The van der Waals surface area contributed by atoms with Crippen LogP contribution < -0.4 is 10.6 Å². The van der Waals surface area contributed by atoms with Gasteiger partial charge in [-0.25, -0.2) is 4.79 Å². The van der Waals surface area contributed by atoms with Crippen molar-refractivity contribution in [2.45, 2.75) is 19.8 Å². The third kappa shape index (κ3) is 8.06. The molecule has 0 aromatic rings. The van der Waals surface area contributed by atoms with E-state index < -0.39 is 12.0 Å². The summed E-state index contributed by atoms with van der Waals surface area (Å²) in [5.74, 6) is -1.21. The van der Waals surface area contributed by atoms with Gasteiger partial charge in [0.25, 0.3) is 0 Å². The first kappa shape index (κ1) is 15.2. The molecule has 0 bridgehead atoms. The normalized spacial score (nSPS) is 9.53. The maximum absolute atomic E-state index is 11.4. The van der Waals surface area contributed by atoms with Gasteiger partial charge in [-0.1, -0.05) is 6.92 Å². The molecule has 0 spiro atoms. The van der Waals surface area contributed by atoms with Crippen molar-refractivity contribution in [3.05, 3.63) is 0 Å². The molecule has 7 nitrogen and oxygen atoms in total. The molecule has 0 aromatic carbocycles. The Labute approximate surface area is 100 Å². The number of hydrogen-bond acceptors (Lipinski definition) is 3. The number of carboxylic acids is 1. The standard InChI is InChI=1S/C10H19N3O4/c1-3-5-11-8(14)7-13(2)10(17)12-6-4-9(15)16/h3-7H2,1-2H3,(H,11,14)(H,12,17)(H,15,16). The molecule has 0 aromatic heterocycles. The number of aliphatic carboxylic acids is 1. The number of carbonyl (C=O) groups is 3. The van der Waals surface area contributed by atoms with Crippen LogP contribution in [0.15, 0.2) is 0 Å². The van der Waals surface area contributed by atoms with Crippen LogP contribution in [0.5, 0.6) is 0 Å². The van der Waals surface area contributed by atoms with E-state index in [1.165, 1.54) is 11.9 Å². The number of carboxylic acid groups (broad SMARTS) is 1. The quantitative estimate of drug-likeness (QED) is 0.570. The topological polar surface area (TPSA) is 98.7 Å². The van der Waals surface area contributed by atoms with Gasteiger partial charge in [0.15, 0.2) is 0 Å². The van der Waals surface area contributed by atoms with E-state index in [-0.39, 0.29) is 25.4 Å². The summed E-state index contributed by atoms with van der Waals surface area (Å²) in [6.07, 6.45) is 0.696. The van der Waals surface area contributed by atoms with Gasteiger partial charge in [0.05, 0.1) is 6.42 Å². The van der Waals surface area contributed by atoms with Gasteiger partial charge in [-0.2, -0.15) is 0 Å². The number of likely N-dealkylation sites (N-methyl/N-ethyl adjacent to an activating group) is 1. The summed E-state index contributed by atoms with van der Waals surface area (Å²) in [5, 5.41) is 13.4. The Morgan fingerprint density at radius 2 is 1.82 bits per heavy atom. The predicted octanol–water partition coefficient (Wildman–Crippen LogP) is -0.371. The van der Waals surface area contributed by atoms with Gasteiger partial charge in [-0.3, -0.25) is 9.59 Å². The number of nitrogens with one attached hydrogen (secondary N) is 2. The Kier molecular flexibility index (Phi) is 7.49. The highest BCUT2D eigenvalue weighted by molar-refractivity contribution is 5.83. The van der Waals surface area contributed by atoms with Crippen molar-refractivity contribution in [2.24, 2.45) is 0 Å². The summed E-state index contributed by atoms with van der Waals surface area (Å²) in [5.41, 5.74) is 0. The number of amides is 3. The number of nitrogens with zero attached hydrogens (tertiary/aromatic N) is 1. The van der Waals surface area contributed by atoms with Crippen molar-refractivity contribution < 1.29 is 19.5 Å². The van der Waals surface area contributed by atoms with Crippen molar-refractivity contribution in [1.29, 1.82) is 0 Å². The monoisotopic (exact) mass is 245 g/mol. The van der Waals surface area contributed by atoms with E-state index >= 15 is 0 Å². The fourth-order valence-electron chi connectivity index (χ4n) is 1.02. The molecule has 0 aliphatic heterocycles. The van der Waals surface area contributed by atoms with E-state index in [4.69, 9.17) is 5.11 Å². The van der Waals surface area contributed by atoms with Gasteiger partial charge >= 0.3 is 12.0 Å². The van der Waals surface area contributed by atoms with E-state index in [0.717, 1.165) is 6.42 Å². The highest BCUT2D eigenvalue weighted by Gasteiger charge is 2.11. The molecule has 7 heteroatoms. The van der Waals surface area contributed by atoms with Crippen LogP contribution in [0.1, 0.15) is 19.8 Å². The second kappa shape index (κ2) is 8.37. The van der Waals surface area contributed by atoms with Crippen LogP contribution in [-0.2, 0) is 9.59 Å². The Morgan fingerprint density at radius 3 is 2.35 bits per heavy atom. The van der Waals surface area contributed by atoms with Crippen LogP contribution in [0.3, 0.4) is 0 Å². The minimum Gasteiger partial charge on any atom is -0.481 e. The Hall–Kier alpha value is -1.79. The second-order valence-electron chi connectivity index (χ2n) is 3.58. The summed E-state index contributed by atoms with van der Waals surface area (Å²) in [6.45, 7) is 2.52. The van der Waals surface area contributed by atoms with Gasteiger partial charge in [0.1, 0.15) is 6.54 Å². The van der Waals surface area contributed by atoms with E-state index in [0.29, 0.717) is 6.54 Å². The first-order valence-corrected chi connectivity index (χ1v) is 5.44. The second-order valence-corrected chi connectivity index (χ2v) is 3.58. The van der Waals surface area contributed by atoms with Crippen LogP contribution in [0, 0.1) is 0 Å². The van der Waals surface area contributed by atoms with Crippen molar-refractivity contribution in [3.63, 3.8) is 0 Å². The Morgan fingerprint density at radius 1 is 1.18 bits per heavy atom. The lowest BCUT2D eigenvalue weighted by atomic mass is 10.4. The minimum absolute atomic E-state index is 0.0428. The van der Waals surface area contributed by atoms with Gasteiger partial charge in [0.2, 0.25) is 5.91 Å². The van der Waals surface area contributed by atoms with Crippen molar-refractivity contribution in [1.82, 2.24) is 15.5 Å². The fourth-order valence-corrected chi connectivity index (χ4v) is 1.02. The van der Waals surface area contributed by atoms with Crippen molar-refractivity contribution >= 4 is 17.9 Å². The average Bonchev–Trinajstić information content (AvgIpc) is 2.25. The van der Waals surface area contributed by atoms with E-state index in [1.54, 1.807) is 0 Å². The first-order chi connectivity index (χ1) is 7.97. The zero-order chi connectivity index (χ0) is 13.3. The van der Waals surface area contributed by atoms with Crippen LogP contribution in [0.4, 0.5) is 4.79 Å². The van der Waals surface area contributed by atoms with Gasteiger partial charge in [-0.15, -0.1) is 0 Å². The Balaban J connectivity index is 3.80.